The van der Waals surface area contributed by atoms with E-state index in [1.54, 1.807) is 12.1 Å². The molecule has 2 N–H and O–H groups in total. The molecular formula is C12H12BrNO4. The zero-order chi connectivity index (χ0) is 13.1. The van der Waals surface area contributed by atoms with Crippen molar-refractivity contribution >= 4 is 33.5 Å². The summed E-state index contributed by atoms with van der Waals surface area (Å²) in [6.07, 6.45) is 1.04. The number of rotatable bonds is 3. The van der Waals surface area contributed by atoms with Crippen LogP contribution in [0.3, 0.4) is 0 Å². The van der Waals surface area contributed by atoms with Crippen LogP contribution in [0.2, 0.25) is 0 Å². The van der Waals surface area contributed by atoms with Gasteiger partial charge in [0.2, 0.25) is 0 Å². The van der Waals surface area contributed by atoms with Gasteiger partial charge in [-0.25, -0.2) is 4.79 Å². The summed E-state index contributed by atoms with van der Waals surface area (Å²) in [5.74, 6) is -1.38. The fraction of sp³-hybridized carbons (Fsp3) is 0.333. The van der Waals surface area contributed by atoms with E-state index in [0.717, 1.165) is 6.42 Å². The van der Waals surface area contributed by atoms with E-state index in [2.05, 4.69) is 21.2 Å². The summed E-state index contributed by atoms with van der Waals surface area (Å²) in [5, 5.41) is 11.6. The Balaban J connectivity index is 2.19. The Morgan fingerprint density at radius 3 is 2.83 bits per heavy atom. The zero-order valence-electron chi connectivity index (χ0n) is 9.48. The number of carboxylic acid groups (broad SMARTS) is 1. The minimum Gasteiger partial charge on any atom is -0.478 e. The van der Waals surface area contributed by atoms with E-state index in [9.17, 15) is 9.59 Å². The quantitative estimate of drug-likeness (QED) is 0.897. The molecule has 0 unspecified atom stereocenters. The molecule has 5 nitrogen and oxygen atoms in total. The minimum absolute atomic E-state index is 0.0598. The first-order chi connectivity index (χ1) is 8.58. The molecule has 6 heteroatoms. The molecule has 1 amide bonds. The number of carbonyl (C=O) groups excluding carboxylic acids is 1. The van der Waals surface area contributed by atoms with Gasteiger partial charge in [0.05, 0.1) is 11.3 Å². The summed E-state index contributed by atoms with van der Waals surface area (Å²) >= 11 is 3.24. The highest BCUT2D eigenvalue weighted by atomic mass is 79.9. The Morgan fingerprint density at radius 2 is 2.22 bits per heavy atom. The van der Waals surface area contributed by atoms with Crippen LogP contribution in [0.4, 0.5) is 5.69 Å². The first-order valence-corrected chi connectivity index (χ1v) is 6.32. The van der Waals surface area contributed by atoms with E-state index >= 15 is 0 Å². The summed E-state index contributed by atoms with van der Waals surface area (Å²) in [7, 11) is 0. The monoisotopic (exact) mass is 313 g/mol. The van der Waals surface area contributed by atoms with Gasteiger partial charge in [0.1, 0.15) is 6.10 Å². The molecule has 1 atom stereocenters. The molecule has 96 valence electrons. The van der Waals surface area contributed by atoms with Crippen molar-refractivity contribution in [2.24, 2.45) is 0 Å². The second-order valence-electron chi connectivity index (χ2n) is 3.99. The van der Waals surface area contributed by atoms with Crippen molar-refractivity contribution < 1.29 is 19.4 Å². The van der Waals surface area contributed by atoms with Gasteiger partial charge < -0.3 is 15.2 Å². The molecule has 1 aromatic rings. The average Bonchev–Trinajstić information content (AvgIpc) is 2.81. The molecular weight excluding hydrogens is 302 g/mol. The van der Waals surface area contributed by atoms with Crippen LogP contribution in [-0.2, 0) is 9.53 Å². The molecule has 1 saturated heterocycles. The highest BCUT2D eigenvalue weighted by Gasteiger charge is 2.24. The second kappa shape index (κ2) is 5.49. The predicted molar refractivity (Wildman–Crippen MR) is 68.7 cm³/mol. The fourth-order valence-electron chi connectivity index (χ4n) is 1.80. The molecule has 1 aliphatic heterocycles. The van der Waals surface area contributed by atoms with Gasteiger partial charge in [0.25, 0.3) is 5.91 Å². The van der Waals surface area contributed by atoms with Crippen LogP contribution in [0.25, 0.3) is 0 Å². The minimum atomic E-state index is -1.08. The highest BCUT2D eigenvalue weighted by Crippen LogP contribution is 2.23. The number of carboxylic acids is 1. The SMILES string of the molecule is O=C(O)c1ccc(Br)cc1NC(=O)[C@H]1CCCO1. The van der Waals surface area contributed by atoms with E-state index in [1.807, 2.05) is 0 Å². The van der Waals surface area contributed by atoms with Crippen molar-refractivity contribution in [2.45, 2.75) is 18.9 Å². The van der Waals surface area contributed by atoms with Crippen LogP contribution in [0.5, 0.6) is 0 Å². The molecule has 2 rings (SSSR count). The summed E-state index contributed by atoms with van der Waals surface area (Å²) in [4.78, 5) is 22.9. The average molecular weight is 314 g/mol. The first-order valence-electron chi connectivity index (χ1n) is 5.53. The van der Waals surface area contributed by atoms with Crippen molar-refractivity contribution in [1.82, 2.24) is 0 Å². The van der Waals surface area contributed by atoms with E-state index in [-0.39, 0.29) is 17.2 Å². The Labute approximate surface area is 112 Å². The van der Waals surface area contributed by atoms with E-state index in [0.29, 0.717) is 17.5 Å². The summed E-state index contributed by atoms with van der Waals surface area (Å²) in [5.41, 5.74) is 0.335. The van der Waals surface area contributed by atoms with Crippen LogP contribution < -0.4 is 5.32 Å². The number of hydrogen-bond acceptors (Lipinski definition) is 3. The highest BCUT2D eigenvalue weighted by molar-refractivity contribution is 9.10. The van der Waals surface area contributed by atoms with Gasteiger partial charge in [-0.05, 0) is 31.0 Å². The molecule has 0 aliphatic carbocycles. The third kappa shape index (κ3) is 2.88. The van der Waals surface area contributed by atoms with Gasteiger partial charge >= 0.3 is 5.97 Å². The number of aromatic carboxylic acids is 1. The number of amides is 1. The van der Waals surface area contributed by atoms with Gasteiger partial charge in [0.15, 0.2) is 0 Å². The molecule has 18 heavy (non-hydrogen) atoms. The smallest absolute Gasteiger partial charge is 0.337 e. The maximum absolute atomic E-state index is 11.9. The van der Waals surface area contributed by atoms with Crippen molar-refractivity contribution in [3.63, 3.8) is 0 Å². The molecule has 1 aromatic carbocycles. The van der Waals surface area contributed by atoms with E-state index < -0.39 is 12.1 Å². The third-order valence-corrected chi connectivity index (χ3v) is 3.19. The maximum atomic E-state index is 11.9. The van der Waals surface area contributed by atoms with Crippen LogP contribution >= 0.6 is 15.9 Å². The van der Waals surface area contributed by atoms with Crippen LogP contribution in [0, 0.1) is 0 Å². The lowest BCUT2D eigenvalue weighted by Gasteiger charge is -2.12. The molecule has 0 saturated carbocycles. The van der Waals surface area contributed by atoms with Crippen molar-refractivity contribution in [2.75, 3.05) is 11.9 Å². The van der Waals surface area contributed by atoms with Crippen molar-refractivity contribution in [3.05, 3.63) is 28.2 Å². The largest absolute Gasteiger partial charge is 0.478 e. The maximum Gasteiger partial charge on any atom is 0.337 e. The number of nitrogens with one attached hydrogen (secondary N) is 1. The number of ether oxygens (including phenoxy) is 1. The molecule has 1 fully saturated rings. The van der Waals surface area contributed by atoms with Crippen LogP contribution in [0.1, 0.15) is 23.2 Å². The molecule has 0 bridgehead atoms. The lowest BCUT2D eigenvalue weighted by molar-refractivity contribution is -0.124. The summed E-state index contributed by atoms with van der Waals surface area (Å²) in [6.45, 7) is 0.572. The van der Waals surface area contributed by atoms with Crippen molar-refractivity contribution in [3.8, 4) is 0 Å². The first kappa shape index (κ1) is 13.0. The molecule has 0 radical (unpaired) electrons. The molecule has 0 spiro atoms. The lowest BCUT2D eigenvalue weighted by atomic mass is 10.1. The number of carbonyl (C=O) groups is 2. The Hall–Kier alpha value is -1.40. The van der Waals surface area contributed by atoms with Gasteiger partial charge in [-0.2, -0.15) is 0 Å². The number of anilines is 1. The summed E-state index contributed by atoms with van der Waals surface area (Å²) in [6, 6.07) is 4.62. The number of benzene rings is 1. The van der Waals surface area contributed by atoms with Crippen LogP contribution in [-0.4, -0.2) is 29.7 Å². The Bertz CT molecular complexity index is 483. The van der Waals surface area contributed by atoms with Gasteiger partial charge in [-0.3, -0.25) is 4.79 Å². The third-order valence-electron chi connectivity index (χ3n) is 2.69. The fourth-order valence-corrected chi connectivity index (χ4v) is 2.17. The topological polar surface area (TPSA) is 75.6 Å². The predicted octanol–water partition coefficient (Wildman–Crippen LogP) is 2.26. The zero-order valence-corrected chi connectivity index (χ0v) is 11.1. The molecule has 1 aliphatic rings. The van der Waals surface area contributed by atoms with Crippen molar-refractivity contribution in [1.29, 1.82) is 0 Å². The standard InChI is InChI=1S/C12H12BrNO4/c13-7-3-4-8(12(16)17)9(6-7)14-11(15)10-2-1-5-18-10/h3-4,6,10H,1-2,5H2,(H,14,15)(H,16,17)/t10-/m1/s1. The second-order valence-corrected chi connectivity index (χ2v) is 4.90. The molecule has 1 heterocycles. The summed E-state index contributed by atoms with van der Waals surface area (Å²) < 4.78 is 5.95. The van der Waals surface area contributed by atoms with Gasteiger partial charge in [-0.1, -0.05) is 15.9 Å². The Kier molecular flexibility index (Phi) is 3.98. The van der Waals surface area contributed by atoms with E-state index in [4.69, 9.17) is 9.84 Å². The normalized spacial score (nSPS) is 18.6. The number of hydrogen-bond donors (Lipinski definition) is 2. The van der Waals surface area contributed by atoms with Gasteiger partial charge in [0, 0.05) is 11.1 Å². The Morgan fingerprint density at radius 1 is 1.44 bits per heavy atom. The number of halogens is 1. The van der Waals surface area contributed by atoms with Crippen LogP contribution in [0.15, 0.2) is 22.7 Å². The molecule has 0 aromatic heterocycles. The van der Waals surface area contributed by atoms with Gasteiger partial charge in [-0.15, -0.1) is 0 Å². The van der Waals surface area contributed by atoms with E-state index in [1.165, 1.54) is 6.07 Å². The lowest BCUT2D eigenvalue weighted by Crippen LogP contribution is -2.27.